The highest BCUT2D eigenvalue weighted by atomic mass is 79.9. The average molecular weight is 308 g/mol. The second kappa shape index (κ2) is 5.48. The molecule has 0 aliphatic carbocycles. The number of rotatable bonds is 3. The maximum atomic E-state index is 11.9. The first-order chi connectivity index (χ1) is 8.63. The van der Waals surface area contributed by atoms with Crippen LogP contribution in [0.25, 0.3) is 0 Å². The Morgan fingerprint density at radius 2 is 1.89 bits per heavy atom. The molecule has 0 radical (unpaired) electrons. The largest absolute Gasteiger partial charge is 0.279 e. The van der Waals surface area contributed by atoms with Gasteiger partial charge in [-0.2, -0.15) is 0 Å². The molecule has 18 heavy (non-hydrogen) atoms. The first-order valence-electron chi connectivity index (χ1n) is 5.82. The number of hydrogen-bond donors (Lipinski definition) is 0. The van der Waals surface area contributed by atoms with Crippen molar-refractivity contribution in [3.8, 4) is 0 Å². The van der Waals surface area contributed by atoms with E-state index in [1.54, 1.807) is 6.08 Å². The van der Waals surface area contributed by atoms with E-state index in [0.717, 1.165) is 10.0 Å². The maximum absolute atomic E-state index is 11.9. The van der Waals surface area contributed by atoms with E-state index in [0.29, 0.717) is 19.4 Å². The summed E-state index contributed by atoms with van der Waals surface area (Å²) < 4.78 is 0.952. The Kier molecular flexibility index (Phi) is 3.97. The van der Waals surface area contributed by atoms with Gasteiger partial charge in [-0.15, -0.1) is 6.58 Å². The molecule has 94 valence electrons. The lowest BCUT2D eigenvalue weighted by molar-refractivity contribution is -0.147. The fourth-order valence-electron chi connectivity index (χ4n) is 2.21. The molecule has 4 heteroatoms. The van der Waals surface area contributed by atoms with Crippen LogP contribution in [0, 0.1) is 0 Å². The van der Waals surface area contributed by atoms with Crippen LogP contribution >= 0.6 is 15.9 Å². The fraction of sp³-hybridized carbons (Fsp3) is 0.286. The van der Waals surface area contributed by atoms with Crippen molar-refractivity contribution >= 4 is 27.7 Å². The van der Waals surface area contributed by atoms with Crippen molar-refractivity contribution in [2.45, 2.75) is 18.8 Å². The number of nitrogens with zero attached hydrogens (tertiary/aromatic N) is 1. The minimum Gasteiger partial charge on any atom is -0.279 e. The molecule has 1 saturated heterocycles. The molecule has 2 rings (SSSR count). The van der Waals surface area contributed by atoms with Gasteiger partial charge in [0.05, 0.1) is 0 Å². The lowest BCUT2D eigenvalue weighted by atomic mass is 9.88. The van der Waals surface area contributed by atoms with Gasteiger partial charge in [-0.05, 0) is 11.6 Å². The Morgan fingerprint density at radius 1 is 1.28 bits per heavy atom. The summed E-state index contributed by atoms with van der Waals surface area (Å²) in [6, 6.07) is 7.73. The fourth-order valence-corrected chi connectivity index (χ4v) is 2.82. The number of amides is 2. The molecule has 1 aliphatic rings. The third kappa shape index (κ3) is 2.53. The summed E-state index contributed by atoms with van der Waals surface area (Å²) in [5, 5.41) is 0. The highest BCUT2D eigenvalue weighted by molar-refractivity contribution is 9.10. The van der Waals surface area contributed by atoms with Crippen LogP contribution < -0.4 is 0 Å². The van der Waals surface area contributed by atoms with E-state index in [4.69, 9.17) is 0 Å². The zero-order chi connectivity index (χ0) is 13.1. The van der Waals surface area contributed by atoms with Gasteiger partial charge in [-0.3, -0.25) is 14.5 Å². The summed E-state index contributed by atoms with van der Waals surface area (Å²) >= 11 is 3.47. The molecule has 0 atom stereocenters. The average Bonchev–Trinajstić information content (AvgIpc) is 2.34. The Morgan fingerprint density at radius 3 is 2.44 bits per heavy atom. The smallest absolute Gasteiger partial charge is 0.230 e. The molecule has 0 unspecified atom stereocenters. The SMILES string of the molecule is C=CCN1C(=O)CC(c2ccccc2Br)CC1=O. The molecule has 1 aliphatic heterocycles. The van der Waals surface area contributed by atoms with Crippen LogP contribution in [0.5, 0.6) is 0 Å². The molecule has 0 aromatic heterocycles. The van der Waals surface area contributed by atoms with Crippen molar-refractivity contribution in [1.82, 2.24) is 4.90 Å². The quantitative estimate of drug-likeness (QED) is 0.636. The molecule has 1 aromatic rings. The molecule has 1 heterocycles. The molecular weight excluding hydrogens is 294 g/mol. The third-order valence-corrected chi connectivity index (χ3v) is 3.82. The number of hydrogen-bond acceptors (Lipinski definition) is 2. The Bertz CT molecular complexity index is 480. The molecule has 0 saturated carbocycles. The highest BCUT2D eigenvalue weighted by Gasteiger charge is 2.33. The third-order valence-electron chi connectivity index (χ3n) is 3.10. The number of benzene rings is 1. The lowest BCUT2D eigenvalue weighted by Gasteiger charge is -2.29. The Labute approximate surface area is 115 Å². The number of carbonyl (C=O) groups is 2. The van der Waals surface area contributed by atoms with Crippen LogP contribution in [0.1, 0.15) is 24.3 Å². The molecule has 0 N–H and O–H groups in total. The summed E-state index contributed by atoms with van der Waals surface area (Å²) in [6.45, 7) is 3.87. The minimum absolute atomic E-state index is 0.0263. The Hall–Kier alpha value is -1.42. The first kappa shape index (κ1) is 13.0. The first-order valence-corrected chi connectivity index (χ1v) is 6.61. The maximum Gasteiger partial charge on any atom is 0.230 e. The van der Waals surface area contributed by atoms with Crippen LogP contribution in [0.2, 0.25) is 0 Å². The molecule has 1 fully saturated rings. The van der Waals surface area contributed by atoms with Crippen molar-refractivity contribution in [2.75, 3.05) is 6.54 Å². The van der Waals surface area contributed by atoms with Crippen LogP contribution in [-0.4, -0.2) is 23.3 Å². The zero-order valence-corrected chi connectivity index (χ0v) is 11.5. The van der Waals surface area contributed by atoms with E-state index in [1.807, 2.05) is 24.3 Å². The molecule has 0 spiro atoms. The van der Waals surface area contributed by atoms with Crippen molar-refractivity contribution in [2.24, 2.45) is 0 Å². The van der Waals surface area contributed by atoms with E-state index < -0.39 is 0 Å². The molecule has 1 aromatic carbocycles. The van der Waals surface area contributed by atoms with Crippen LogP contribution in [0.15, 0.2) is 41.4 Å². The predicted molar refractivity (Wildman–Crippen MR) is 73.0 cm³/mol. The number of carbonyl (C=O) groups excluding carboxylic acids is 2. The summed E-state index contributed by atoms with van der Waals surface area (Å²) in [5.41, 5.74) is 1.03. The van der Waals surface area contributed by atoms with Crippen molar-refractivity contribution < 1.29 is 9.59 Å². The predicted octanol–water partition coefficient (Wildman–Crippen LogP) is 2.87. The van der Waals surface area contributed by atoms with Gasteiger partial charge in [0.2, 0.25) is 11.8 Å². The summed E-state index contributed by atoms with van der Waals surface area (Å²) in [5.74, 6) is -0.263. The molecule has 2 amide bonds. The number of halogens is 1. The van der Waals surface area contributed by atoms with Gasteiger partial charge < -0.3 is 0 Å². The number of piperidine rings is 1. The normalized spacial score (nSPS) is 17.1. The Balaban J connectivity index is 2.20. The van der Waals surface area contributed by atoms with Crippen LogP contribution in [0.3, 0.4) is 0 Å². The topological polar surface area (TPSA) is 37.4 Å². The van der Waals surface area contributed by atoms with E-state index in [-0.39, 0.29) is 17.7 Å². The second-order valence-corrected chi connectivity index (χ2v) is 5.17. The van der Waals surface area contributed by atoms with E-state index in [9.17, 15) is 9.59 Å². The van der Waals surface area contributed by atoms with Gasteiger partial charge >= 0.3 is 0 Å². The van der Waals surface area contributed by atoms with Crippen molar-refractivity contribution in [1.29, 1.82) is 0 Å². The van der Waals surface area contributed by atoms with Gasteiger partial charge in [0.1, 0.15) is 0 Å². The second-order valence-electron chi connectivity index (χ2n) is 4.31. The van der Waals surface area contributed by atoms with Gasteiger partial charge in [0.25, 0.3) is 0 Å². The van der Waals surface area contributed by atoms with E-state index >= 15 is 0 Å². The highest BCUT2D eigenvalue weighted by Crippen LogP contribution is 2.33. The minimum atomic E-state index is -0.119. The van der Waals surface area contributed by atoms with Gasteiger partial charge in [0.15, 0.2) is 0 Å². The van der Waals surface area contributed by atoms with Crippen LogP contribution in [-0.2, 0) is 9.59 Å². The van der Waals surface area contributed by atoms with E-state index in [1.165, 1.54) is 4.90 Å². The zero-order valence-electron chi connectivity index (χ0n) is 9.93. The summed E-state index contributed by atoms with van der Waals surface area (Å²) in [7, 11) is 0. The van der Waals surface area contributed by atoms with Crippen LogP contribution in [0.4, 0.5) is 0 Å². The summed E-state index contributed by atoms with van der Waals surface area (Å²) in [4.78, 5) is 25.1. The molecule has 3 nitrogen and oxygen atoms in total. The van der Waals surface area contributed by atoms with Crippen molar-refractivity contribution in [3.63, 3.8) is 0 Å². The number of likely N-dealkylation sites (tertiary alicyclic amines) is 1. The van der Waals surface area contributed by atoms with Crippen molar-refractivity contribution in [3.05, 3.63) is 47.0 Å². The molecular formula is C14H14BrNO2. The van der Waals surface area contributed by atoms with Gasteiger partial charge in [-0.25, -0.2) is 0 Å². The number of imide groups is 1. The summed E-state index contributed by atoms with van der Waals surface area (Å²) in [6.07, 6.45) is 2.33. The monoisotopic (exact) mass is 307 g/mol. The van der Waals surface area contributed by atoms with Gasteiger partial charge in [-0.1, -0.05) is 40.2 Å². The molecule has 0 bridgehead atoms. The lowest BCUT2D eigenvalue weighted by Crippen LogP contribution is -2.42. The van der Waals surface area contributed by atoms with E-state index in [2.05, 4.69) is 22.5 Å². The standard InChI is InChI=1S/C14H14BrNO2/c1-2-7-16-13(17)8-10(9-14(16)18)11-5-3-4-6-12(11)15/h2-6,10H,1,7-9H2. The van der Waals surface area contributed by atoms with Gasteiger partial charge in [0, 0.05) is 29.8 Å².